The minimum absolute atomic E-state index is 0.0240. The average molecular weight is 1890 g/mol. The van der Waals surface area contributed by atoms with E-state index >= 15 is 0 Å². The van der Waals surface area contributed by atoms with Crippen molar-refractivity contribution < 1.29 is 101 Å². The lowest BCUT2D eigenvalue weighted by Crippen LogP contribution is -2.61. The second kappa shape index (κ2) is 52.2. The molecule has 744 valence electrons. The molecule has 2 aromatic carbocycles. The molecule has 38 nitrogen and oxygen atoms in total. The zero-order valence-electron chi connectivity index (χ0n) is 80.1. The number of nitrogen functional groups attached to an aromatic ring is 2. The van der Waals surface area contributed by atoms with Gasteiger partial charge in [-0.3, -0.25) is 33.9 Å². The maximum absolute atomic E-state index is 14.8. The predicted octanol–water partition coefficient (Wildman–Crippen LogP) is 7.38. The first-order valence-corrected chi connectivity index (χ1v) is 47.9. The van der Waals surface area contributed by atoms with Crippen LogP contribution in [0.2, 0.25) is 0 Å². The number of unbranched alkanes of at least 4 members (excludes halogenated alkanes) is 1. The van der Waals surface area contributed by atoms with Gasteiger partial charge >= 0.3 is 5.97 Å². The number of aromatic nitrogens is 7. The van der Waals surface area contributed by atoms with E-state index in [0.717, 1.165) is 51.3 Å². The van der Waals surface area contributed by atoms with Crippen molar-refractivity contribution in [3.05, 3.63) is 126 Å². The Labute approximate surface area is 795 Å². The van der Waals surface area contributed by atoms with Gasteiger partial charge in [-0.05, 0) is 149 Å². The van der Waals surface area contributed by atoms with Gasteiger partial charge in [0.25, 0.3) is 17.7 Å². The third kappa shape index (κ3) is 29.1. The summed E-state index contributed by atoms with van der Waals surface area (Å²) < 4.78 is 72.6. The monoisotopic (exact) mass is 1890 g/mol. The topological polar surface area (TPSA) is 487 Å². The van der Waals surface area contributed by atoms with Crippen molar-refractivity contribution in [2.45, 2.75) is 218 Å². The van der Waals surface area contributed by atoms with Gasteiger partial charge in [0.2, 0.25) is 17.6 Å². The van der Waals surface area contributed by atoms with Crippen LogP contribution in [0.3, 0.4) is 0 Å². The molecule has 12 rings (SSSR count). The van der Waals surface area contributed by atoms with Gasteiger partial charge in [-0.2, -0.15) is 10.1 Å². The van der Waals surface area contributed by atoms with Gasteiger partial charge in [0.05, 0.1) is 127 Å². The summed E-state index contributed by atoms with van der Waals surface area (Å²) in [5.74, 6) is -7.65. The van der Waals surface area contributed by atoms with E-state index in [1.807, 2.05) is 98.2 Å². The Morgan fingerprint density at radius 3 is 2.24 bits per heavy atom. The van der Waals surface area contributed by atoms with E-state index in [-0.39, 0.29) is 106 Å². The SMILES string of the molecule is CO[C@H]1C[C@@H]2CC[C@@H](C)[C@@](O)(O2)C(=O)C(=O)N2CCCC[C@H]2C(=O)O[C@H]([C@H](N)C[C@@H]2CC[C@@H](OCc3cccc(-c4cnc(N5CCN(CC6=CN(CCOCCOCCOCCOCCOCCC(=O)NCCCCn7nc(-c8ccc9oc(N)nc9c8)c8c(N)ncnc87)NN6)C(CO)C5)nc4)c3)[C@H](OC)C2)CC(=O)[C@H](C)/C=C(\C)[C@@H](O)[C@@H](OC)C(=O)[C@H](C)C[C@H](C)/C=C/C=C/C=C/1C. The van der Waals surface area contributed by atoms with Gasteiger partial charge in [-0.15, -0.1) is 5.53 Å². The molecule has 4 aromatic heterocycles. The van der Waals surface area contributed by atoms with Crippen LogP contribution in [0.5, 0.6) is 0 Å². The number of hydrogen-bond acceptors (Lipinski definition) is 35. The largest absolute Gasteiger partial charge is 0.459 e. The molecule has 6 aliphatic rings. The zero-order valence-corrected chi connectivity index (χ0v) is 80.1. The molecule has 16 atom stereocenters. The van der Waals surface area contributed by atoms with Crippen LogP contribution in [0.25, 0.3) is 44.5 Å². The van der Waals surface area contributed by atoms with Crippen LogP contribution < -0.4 is 38.4 Å². The molecule has 9 heterocycles. The van der Waals surface area contributed by atoms with E-state index in [0.29, 0.717) is 208 Å². The molecule has 5 aliphatic heterocycles. The number of nitrogens with zero attached hydrogens (tertiary/aromatic N) is 11. The lowest BCUT2D eigenvalue weighted by atomic mass is 9.80. The number of hydrogen-bond donors (Lipinski definition) is 9. The molecule has 2 bridgehead atoms. The van der Waals surface area contributed by atoms with Crippen LogP contribution in [-0.2, 0) is 94.0 Å². The van der Waals surface area contributed by atoms with Crippen molar-refractivity contribution >= 4 is 75.0 Å². The van der Waals surface area contributed by atoms with E-state index < -0.39 is 83.8 Å². The number of carbonyl (C=O) groups is 6. The number of rotatable bonds is 38. The Morgan fingerprint density at radius 2 is 1.51 bits per heavy atom. The first-order chi connectivity index (χ1) is 65.7. The Morgan fingerprint density at radius 1 is 0.757 bits per heavy atom. The normalized spacial score (nSPS) is 27.4. The molecule has 12 N–H and O–H groups in total. The number of ketones is 3. The maximum Gasteiger partial charge on any atom is 0.329 e. The third-order valence-corrected chi connectivity index (χ3v) is 26.5. The maximum atomic E-state index is 14.8. The number of oxazole rings is 1. The molecule has 2 amide bonds. The van der Waals surface area contributed by atoms with Gasteiger partial charge < -0.3 is 110 Å². The van der Waals surface area contributed by atoms with Crippen molar-refractivity contribution in [3.63, 3.8) is 0 Å². The number of piperidine rings is 1. The number of aryl methyl sites for hydroxylation is 1. The van der Waals surface area contributed by atoms with Crippen molar-refractivity contribution in [3.8, 4) is 22.4 Å². The molecule has 4 fully saturated rings. The summed E-state index contributed by atoms with van der Waals surface area (Å²) in [6.45, 7) is 19.0. The Hall–Kier alpha value is -9.98. The zero-order chi connectivity index (χ0) is 96.8. The van der Waals surface area contributed by atoms with Gasteiger partial charge in [-0.1, -0.05) is 82.4 Å². The molecule has 3 saturated heterocycles. The molecule has 1 unspecified atom stereocenters. The standard InChI is InChI=1S/C98H141N17O21/c1-62-18-11-10-12-19-63(2)82(125-7)52-75-26-23-67(6)98(124,136-75)91(121)94(122)114-31-15-13-22-78(114)95(123)134-83(53-79(117)64(3)47-66(5)89(120)90(127-9)88(119)65(4)46-62)76(99)49-68-24-27-81(84(50-68)126-8)133-60-69-20-17-21-70(48-69)72-54-103-97(104-55-72)112-34-33-111(74(58-112)59-116)56-73-57-113(110-108-73)35-37-129-39-41-131-43-45-132-44-42-130-40-38-128-36-29-85(118)102-30-14-16-32-115-93-86(92(100)105-61-106-93)87(109-115)71-25-28-80-77(51-71)107-96(101)135-80/h10-12,17-21,25,28,47-48,51,54-55,57,61-62,64-65,67-68,74-76,78,81-84,89-90,108,110,116,120,124H,13-16,22-24,26-27,29-46,49-50,52-53,56,58-60,99H2,1-9H3,(H2,101,107)(H,102,118)(H2,100,105,106)/b12-10+,18-11+,63-19+,66-47+/t62-,64-,65-,67-,68+,74?,75+,76-,78+,81-,82+,83+,84-,89-,90+,98-/m1/s1. The molecular weight excluding hydrogens is 1750 g/mol. The number of methoxy groups -OCH3 is 3. The Balaban J connectivity index is 0.533. The summed E-state index contributed by atoms with van der Waals surface area (Å²) in [4.78, 5) is 113. The van der Waals surface area contributed by atoms with Crippen LogP contribution in [-0.4, -0.2) is 306 Å². The highest BCUT2D eigenvalue weighted by molar-refractivity contribution is 6.39. The fourth-order valence-electron chi connectivity index (χ4n) is 18.5. The minimum Gasteiger partial charge on any atom is -0.459 e. The number of esters is 1. The summed E-state index contributed by atoms with van der Waals surface area (Å²) >= 11 is 0. The van der Waals surface area contributed by atoms with Gasteiger partial charge in [0.15, 0.2) is 17.0 Å². The number of piperazine rings is 1. The van der Waals surface area contributed by atoms with E-state index in [4.69, 9.17) is 88.8 Å². The lowest BCUT2D eigenvalue weighted by Gasteiger charge is -2.42. The summed E-state index contributed by atoms with van der Waals surface area (Å²) in [5.41, 5.74) is 33.7. The quantitative estimate of drug-likeness (QED) is 0.00789. The van der Waals surface area contributed by atoms with Gasteiger partial charge in [0, 0.05) is 140 Å². The van der Waals surface area contributed by atoms with Crippen molar-refractivity contribution in [2.24, 2.45) is 35.3 Å². The molecule has 1 saturated carbocycles. The highest BCUT2D eigenvalue weighted by Crippen LogP contribution is 2.40. The number of aliphatic hydroxyl groups is 3. The van der Waals surface area contributed by atoms with Crippen LogP contribution in [0.4, 0.5) is 17.8 Å². The predicted molar refractivity (Wildman–Crippen MR) is 508 cm³/mol. The fraction of sp³-hybridized carbons (Fsp3) is 0.612. The lowest BCUT2D eigenvalue weighted by molar-refractivity contribution is -0.265. The summed E-state index contributed by atoms with van der Waals surface area (Å²) in [5, 5.41) is 44.9. The number of anilines is 3. The molecule has 0 radical (unpaired) electrons. The molecule has 0 spiro atoms. The number of allylic oxidation sites excluding steroid dienone is 6. The second-order valence-electron chi connectivity index (χ2n) is 36.5. The number of hydrazine groups is 2. The number of Topliss-reactive ketones (excluding diaryl/α,β-unsaturated/α-hetero) is 3. The highest BCUT2D eigenvalue weighted by atomic mass is 16.6. The van der Waals surface area contributed by atoms with Crippen molar-refractivity contribution in [1.82, 2.24) is 65.8 Å². The number of fused-ring (bicyclic) bond motifs is 5. The van der Waals surface area contributed by atoms with Gasteiger partial charge in [-0.25, -0.2) is 29.4 Å². The number of carbonyl (C=O) groups excluding carboxylic acids is 6. The summed E-state index contributed by atoms with van der Waals surface area (Å²) in [6.07, 6.45) is 18.9. The van der Waals surface area contributed by atoms with E-state index in [9.17, 15) is 44.1 Å². The summed E-state index contributed by atoms with van der Waals surface area (Å²) in [7, 11) is 4.58. The second-order valence-corrected chi connectivity index (χ2v) is 36.5. The summed E-state index contributed by atoms with van der Waals surface area (Å²) in [6, 6.07) is 11.3. The smallest absolute Gasteiger partial charge is 0.329 e. The van der Waals surface area contributed by atoms with Crippen LogP contribution >= 0.6 is 0 Å². The number of ether oxygens (including phenoxy) is 11. The van der Waals surface area contributed by atoms with Crippen LogP contribution in [0.1, 0.15) is 143 Å². The Kier molecular flexibility index (Phi) is 40.2. The number of amides is 2. The molecule has 38 heteroatoms. The van der Waals surface area contributed by atoms with Crippen LogP contribution in [0, 0.1) is 29.6 Å². The average Bonchev–Trinajstić information content (AvgIpc) is 1.70. The fourth-order valence-corrected chi connectivity index (χ4v) is 18.5. The first kappa shape index (κ1) is 105. The number of cyclic esters (lactones) is 1. The van der Waals surface area contributed by atoms with Crippen molar-refractivity contribution in [2.75, 3.05) is 156 Å². The number of benzene rings is 2. The van der Waals surface area contributed by atoms with Crippen LogP contribution in [0.15, 0.2) is 125 Å². The minimum atomic E-state index is -2.50. The van der Waals surface area contributed by atoms with E-state index in [2.05, 4.69) is 47.1 Å². The molecule has 6 aromatic rings. The highest BCUT2D eigenvalue weighted by Gasteiger charge is 2.53. The van der Waals surface area contributed by atoms with Crippen molar-refractivity contribution in [1.29, 1.82) is 0 Å². The molecule has 136 heavy (non-hydrogen) atoms. The van der Waals surface area contributed by atoms with E-state index in [1.165, 1.54) is 13.4 Å². The number of nitrogens with one attached hydrogen (secondary N) is 3. The van der Waals surface area contributed by atoms with Gasteiger partial charge in [0.1, 0.15) is 53.5 Å². The third-order valence-electron chi connectivity index (χ3n) is 26.5. The first-order valence-electron chi connectivity index (χ1n) is 47.9. The number of nitrogens with two attached hydrogens (primary N) is 3. The van der Waals surface area contributed by atoms with E-state index in [1.54, 1.807) is 58.7 Å². The number of aliphatic hydroxyl groups excluding tert-OH is 2. The molecular formula is C98H141N17O21. The Bertz CT molecular complexity index is 5050. The molecule has 1 aliphatic carbocycles.